The number of rotatable bonds is 2. The number of hydrogen-bond acceptors (Lipinski definition) is 3. The van der Waals surface area contributed by atoms with Crippen molar-refractivity contribution in [1.29, 1.82) is 0 Å². The number of aromatic nitrogens is 1. The van der Waals surface area contributed by atoms with E-state index in [1.165, 1.54) is 19.4 Å². The van der Waals surface area contributed by atoms with Crippen LogP contribution in [0, 0.1) is 11.8 Å². The lowest BCUT2D eigenvalue weighted by Gasteiger charge is -1.91. The van der Waals surface area contributed by atoms with E-state index in [1.807, 2.05) is 0 Å². The number of nitrogens with one attached hydrogen (secondary N) is 1. The predicted octanol–water partition coefficient (Wildman–Crippen LogP) is 0.627. The number of carboxylic acid groups (broad SMARTS) is 1. The Bertz CT molecular complexity index is 436. The molecule has 15 heavy (non-hydrogen) atoms. The number of hydrogen-bond donors (Lipinski definition) is 2. The summed E-state index contributed by atoms with van der Waals surface area (Å²) in [4.78, 5) is 23.8. The van der Waals surface area contributed by atoms with Crippen LogP contribution in [0.1, 0.15) is 22.5 Å². The quantitative estimate of drug-likeness (QED) is 0.550. The highest BCUT2D eigenvalue weighted by Crippen LogP contribution is 2.03. The van der Waals surface area contributed by atoms with Crippen molar-refractivity contribution in [3.8, 4) is 11.8 Å². The van der Waals surface area contributed by atoms with Crippen LogP contribution in [0.5, 0.6) is 0 Å². The molecule has 0 aromatic carbocycles. The van der Waals surface area contributed by atoms with Gasteiger partial charge in [0, 0.05) is 11.8 Å². The van der Waals surface area contributed by atoms with Gasteiger partial charge in [0.25, 0.3) is 0 Å². The second-order valence-corrected chi connectivity index (χ2v) is 2.67. The van der Waals surface area contributed by atoms with E-state index < -0.39 is 11.9 Å². The molecule has 0 aliphatic carbocycles. The second-order valence-electron chi connectivity index (χ2n) is 2.67. The zero-order chi connectivity index (χ0) is 11.3. The van der Waals surface area contributed by atoms with Gasteiger partial charge in [-0.3, -0.25) is 4.79 Å². The summed E-state index contributed by atoms with van der Waals surface area (Å²) in [5.74, 6) is 3.59. The molecule has 0 atom stereocenters. The number of H-pyrrole nitrogens is 1. The zero-order valence-corrected chi connectivity index (χ0v) is 8.03. The third-order valence-electron chi connectivity index (χ3n) is 1.56. The van der Waals surface area contributed by atoms with Gasteiger partial charge in [-0.05, 0) is 6.07 Å². The molecule has 0 saturated carbocycles. The maximum absolute atomic E-state index is 11.0. The van der Waals surface area contributed by atoms with Gasteiger partial charge in [0.05, 0.1) is 7.11 Å². The first-order valence-corrected chi connectivity index (χ1v) is 4.11. The summed E-state index contributed by atoms with van der Waals surface area (Å²) in [7, 11) is 1.28. The van der Waals surface area contributed by atoms with Crippen LogP contribution in [0.3, 0.4) is 0 Å². The van der Waals surface area contributed by atoms with Gasteiger partial charge in [-0.25, -0.2) is 4.79 Å². The fourth-order valence-corrected chi connectivity index (χ4v) is 0.916. The van der Waals surface area contributed by atoms with E-state index in [9.17, 15) is 9.59 Å². The molecule has 78 valence electrons. The molecule has 0 radical (unpaired) electrons. The molecule has 0 aliphatic heterocycles. The fourth-order valence-electron chi connectivity index (χ4n) is 0.916. The summed E-state index contributed by atoms with van der Waals surface area (Å²) in [5.41, 5.74) is 0.841. The monoisotopic (exact) mass is 207 g/mol. The van der Waals surface area contributed by atoms with Crippen LogP contribution in [0.4, 0.5) is 0 Å². The Morgan fingerprint density at radius 2 is 2.33 bits per heavy atom. The molecule has 1 aromatic rings. The number of carboxylic acids is 1. The summed E-state index contributed by atoms with van der Waals surface area (Å²) in [5, 5.41) is 8.34. The van der Waals surface area contributed by atoms with Gasteiger partial charge in [-0.2, -0.15) is 0 Å². The predicted molar refractivity (Wildman–Crippen MR) is 51.3 cm³/mol. The topological polar surface area (TPSA) is 79.4 Å². The minimum absolute atomic E-state index is 0.223. The van der Waals surface area contributed by atoms with E-state index in [0.29, 0.717) is 5.56 Å². The van der Waals surface area contributed by atoms with Crippen LogP contribution < -0.4 is 0 Å². The van der Waals surface area contributed by atoms with Gasteiger partial charge in [0.15, 0.2) is 0 Å². The summed E-state index contributed by atoms with van der Waals surface area (Å²) in [6, 6.07) is 1.50. The van der Waals surface area contributed by atoms with Crippen LogP contribution in [-0.2, 0) is 9.53 Å². The van der Waals surface area contributed by atoms with E-state index in [-0.39, 0.29) is 12.1 Å². The molecular formula is C10H9NO4. The molecule has 0 aliphatic rings. The van der Waals surface area contributed by atoms with E-state index in [2.05, 4.69) is 21.6 Å². The Kier molecular flexibility index (Phi) is 3.52. The number of carbonyl (C=O) groups excluding carboxylic acids is 1. The Labute approximate surface area is 86.1 Å². The van der Waals surface area contributed by atoms with Gasteiger partial charge < -0.3 is 14.8 Å². The number of ether oxygens (including phenoxy) is 1. The normalized spacial score (nSPS) is 8.87. The highest BCUT2D eigenvalue weighted by molar-refractivity contribution is 5.87. The summed E-state index contributed by atoms with van der Waals surface area (Å²) < 4.78 is 4.48. The molecule has 0 bridgehead atoms. The average molecular weight is 207 g/mol. The van der Waals surface area contributed by atoms with Crippen LogP contribution in [-0.4, -0.2) is 29.1 Å². The number of aliphatic carboxylic acids is 1. The van der Waals surface area contributed by atoms with E-state index in [0.717, 1.165) is 0 Å². The summed E-state index contributed by atoms with van der Waals surface area (Å²) >= 11 is 0. The molecule has 2 N–H and O–H groups in total. The first-order valence-electron chi connectivity index (χ1n) is 4.11. The molecule has 0 saturated heterocycles. The Balaban J connectivity index is 2.71. The SMILES string of the molecule is COC(=O)c1cc(C#CCC(=O)O)c[nH]1. The Morgan fingerprint density at radius 1 is 1.60 bits per heavy atom. The second kappa shape index (κ2) is 4.86. The van der Waals surface area contributed by atoms with Gasteiger partial charge in [-0.1, -0.05) is 11.8 Å². The standard InChI is InChI=1S/C10H9NO4/c1-15-10(14)8-5-7(6-11-8)3-2-4-9(12)13/h5-6,11H,4H2,1H3,(H,12,13). The molecule has 0 fully saturated rings. The van der Waals surface area contributed by atoms with Crippen molar-refractivity contribution >= 4 is 11.9 Å². The highest BCUT2D eigenvalue weighted by Gasteiger charge is 2.06. The van der Waals surface area contributed by atoms with E-state index >= 15 is 0 Å². The molecule has 1 aromatic heterocycles. The van der Waals surface area contributed by atoms with Crippen molar-refractivity contribution in [2.45, 2.75) is 6.42 Å². The van der Waals surface area contributed by atoms with Gasteiger partial charge in [0.1, 0.15) is 12.1 Å². The zero-order valence-electron chi connectivity index (χ0n) is 8.03. The minimum Gasteiger partial charge on any atom is -0.481 e. The number of methoxy groups -OCH3 is 1. The summed E-state index contributed by atoms with van der Waals surface area (Å²) in [6.07, 6.45) is 1.29. The number of esters is 1. The first kappa shape index (κ1) is 10.9. The van der Waals surface area contributed by atoms with Crippen molar-refractivity contribution in [3.63, 3.8) is 0 Å². The van der Waals surface area contributed by atoms with Crippen molar-refractivity contribution in [3.05, 3.63) is 23.5 Å². The summed E-state index contributed by atoms with van der Waals surface area (Å²) in [6.45, 7) is 0. The largest absolute Gasteiger partial charge is 0.481 e. The van der Waals surface area contributed by atoms with Crippen molar-refractivity contribution < 1.29 is 19.4 Å². The fraction of sp³-hybridized carbons (Fsp3) is 0.200. The van der Waals surface area contributed by atoms with Crippen LogP contribution >= 0.6 is 0 Å². The van der Waals surface area contributed by atoms with E-state index in [4.69, 9.17) is 5.11 Å². The highest BCUT2D eigenvalue weighted by atomic mass is 16.5. The lowest BCUT2D eigenvalue weighted by atomic mass is 10.3. The average Bonchev–Trinajstić information content (AvgIpc) is 2.65. The molecule has 0 unspecified atom stereocenters. The third-order valence-corrected chi connectivity index (χ3v) is 1.56. The lowest BCUT2D eigenvalue weighted by molar-refractivity contribution is -0.135. The number of carbonyl (C=O) groups is 2. The van der Waals surface area contributed by atoms with Crippen molar-refractivity contribution in [2.75, 3.05) is 7.11 Å². The molecule has 0 spiro atoms. The molecule has 1 rings (SSSR count). The Hall–Kier alpha value is -2.22. The molecule has 1 heterocycles. The van der Waals surface area contributed by atoms with Crippen LogP contribution in [0.15, 0.2) is 12.3 Å². The van der Waals surface area contributed by atoms with Gasteiger partial charge >= 0.3 is 11.9 Å². The van der Waals surface area contributed by atoms with Crippen molar-refractivity contribution in [2.24, 2.45) is 0 Å². The van der Waals surface area contributed by atoms with Crippen LogP contribution in [0.25, 0.3) is 0 Å². The Morgan fingerprint density at radius 3 is 2.93 bits per heavy atom. The minimum atomic E-state index is -0.980. The molecule has 5 heteroatoms. The van der Waals surface area contributed by atoms with Gasteiger partial charge in [0.2, 0.25) is 0 Å². The van der Waals surface area contributed by atoms with E-state index in [1.54, 1.807) is 0 Å². The first-order chi connectivity index (χ1) is 7.13. The maximum Gasteiger partial charge on any atom is 0.354 e. The van der Waals surface area contributed by atoms with Crippen LogP contribution in [0.2, 0.25) is 0 Å². The molecular weight excluding hydrogens is 198 g/mol. The van der Waals surface area contributed by atoms with Crippen molar-refractivity contribution in [1.82, 2.24) is 4.98 Å². The third kappa shape index (κ3) is 3.19. The molecule has 0 amide bonds. The maximum atomic E-state index is 11.0. The number of aromatic amines is 1. The smallest absolute Gasteiger partial charge is 0.354 e. The lowest BCUT2D eigenvalue weighted by Crippen LogP contribution is -2.00. The molecule has 5 nitrogen and oxygen atoms in total. The van der Waals surface area contributed by atoms with Gasteiger partial charge in [-0.15, -0.1) is 0 Å².